The average molecular weight is 245 g/mol. The number of rotatable bonds is 2. The molecule has 3 rings (SSSR count). The Bertz CT molecular complexity index is 541. The van der Waals surface area contributed by atoms with E-state index in [2.05, 4.69) is 17.2 Å². The van der Waals surface area contributed by atoms with Gasteiger partial charge in [0.15, 0.2) is 5.58 Å². The Balaban J connectivity index is 1.74. The van der Waals surface area contributed by atoms with Gasteiger partial charge in [-0.1, -0.05) is 6.92 Å². The van der Waals surface area contributed by atoms with Crippen molar-refractivity contribution >= 4 is 22.8 Å². The first kappa shape index (κ1) is 11.4. The molecule has 0 saturated heterocycles. The zero-order valence-electron chi connectivity index (χ0n) is 10.6. The molecule has 0 unspecified atom stereocenters. The zero-order valence-corrected chi connectivity index (χ0v) is 10.6. The van der Waals surface area contributed by atoms with Gasteiger partial charge in [0.2, 0.25) is 0 Å². The van der Waals surface area contributed by atoms with Crippen molar-refractivity contribution < 1.29 is 4.42 Å². The van der Waals surface area contributed by atoms with Gasteiger partial charge in [-0.15, -0.1) is 0 Å². The lowest BCUT2D eigenvalue weighted by molar-refractivity contribution is 0.357. The minimum atomic E-state index is 0.492. The van der Waals surface area contributed by atoms with E-state index in [-0.39, 0.29) is 0 Å². The fraction of sp³-hybridized carbons (Fsp3) is 0.500. The summed E-state index contributed by atoms with van der Waals surface area (Å²) in [6.45, 7) is 2.32. The monoisotopic (exact) mass is 245 g/mol. The number of benzene rings is 1. The highest BCUT2D eigenvalue weighted by molar-refractivity contribution is 5.78. The van der Waals surface area contributed by atoms with Crippen LogP contribution in [0.4, 0.5) is 11.7 Å². The third kappa shape index (κ3) is 2.28. The van der Waals surface area contributed by atoms with Crippen LogP contribution in [0.1, 0.15) is 32.6 Å². The maximum atomic E-state index is 5.72. The van der Waals surface area contributed by atoms with Gasteiger partial charge in [-0.2, -0.15) is 4.98 Å². The molecular weight excluding hydrogens is 226 g/mol. The van der Waals surface area contributed by atoms with E-state index in [1.807, 2.05) is 18.2 Å². The molecule has 1 aliphatic carbocycles. The van der Waals surface area contributed by atoms with Crippen LogP contribution in [0.5, 0.6) is 0 Å². The Labute approximate surface area is 107 Å². The van der Waals surface area contributed by atoms with Crippen molar-refractivity contribution in [3.63, 3.8) is 0 Å². The van der Waals surface area contributed by atoms with Gasteiger partial charge in [0.25, 0.3) is 6.01 Å². The lowest BCUT2D eigenvalue weighted by atomic mass is 9.87. The molecule has 1 aromatic heterocycles. The Morgan fingerprint density at radius 1 is 1.28 bits per heavy atom. The number of hydrogen-bond acceptors (Lipinski definition) is 4. The van der Waals surface area contributed by atoms with E-state index in [0.717, 1.165) is 17.0 Å². The van der Waals surface area contributed by atoms with Crippen molar-refractivity contribution in [1.82, 2.24) is 4.98 Å². The summed E-state index contributed by atoms with van der Waals surface area (Å²) in [6, 6.07) is 6.66. The number of nitrogens with zero attached hydrogens (tertiary/aromatic N) is 1. The molecule has 1 aromatic carbocycles. The largest absolute Gasteiger partial charge is 0.423 e. The topological polar surface area (TPSA) is 64.1 Å². The van der Waals surface area contributed by atoms with Crippen molar-refractivity contribution in [2.75, 3.05) is 11.1 Å². The molecule has 2 aromatic rings. The molecule has 1 saturated carbocycles. The van der Waals surface area contributed by atoms with Crippen molar-refractivity contribution in [2.24, 2.45) is 5.92 Å². The van der Waals surface area contributed by atoms with Gasteiger partial charge in [-0.25, -0.2) is 0 Å². The van der Waals surface area contributed by atoms with E-state index in [0.29, 0.717) is 17.7 Å². The molecule has 96 valence electrons. The van der Waals surface area contributed by atoms with Gasteiger partial charge in [-0.05, 0) is 43.7 Å². The molecule has 4 nitrogen and oxygen atoms in total. The third-order valence-corrected chi connectivity index (χ3v) is 3.76. The van der Waals surface area contributed by atoms with Crippen LogP contribution in [0.25, 0.3) is 11.1 Å². The Hall–Kier alpha value is -1.71. The van der Waals surface area contributed by atoms with Crippen LogP contribution >= 0.6 is 0 Å². The Kier molecular flexibility index (Phi) is 2.86. The van der Waals surface area contributed by atoms with Crippen LogP contribution in [0.15, 0.2) is 22.6 Å². The first-order valence-electron chi connectivity index (χ1n) is 6.63. The smallest absolute Gasteiger partial charge is 0.295 e. The van der Waals surface area contributed by atoms with E-state index >= 15 is 0 Å². The van der Waals surface area contributed by atoms with Gasteiger partial charge in [-0.3, -0.25) is 0 Å². The predicted molar refractivity (Wildman–Crippen MR) is 73.5 cm³/mol. The van der Waals surface area contributed by atoms with Gasteiger partial charge < -0.3 is 15.5 Å². The maximum Gasteiger partial charge on any atom is 0.295 e. The standard InChI is InChI=1S/C14H19N3O/c1-9-2-5-11(6-3-9)16-14-17-12-7-4-10(15)8-13(12)18-14/h4,7-9,11H,2-3,5-6,15H2,1H3,(H,16,17). The number of oxazole rings is 1. The fourth-order valence-corrected chi connectivity index (χ4v) is 2.58. The molecular formula is C14H19N3O. The number of nitrogen functional groups attached to an aromatic ring is 1. The Morgan fingerprint density at radius 3 is 2.83 bits per heavy atom. The molecule has 4 heteroatoms. The van der Waals surface area contributed by atoms with Crippen LogP contribution in [-0.4, -0.2) is 11.0 Å². The van der Waals surface area contributed by atoms with Crippen LogP contribution in [-0.2, 0) is 0 Å². The first-order chi connectivity index (χ1) is 8.70. The molecule has 1 fully saturated rings. The molecule has 18 heavy (non-hydrogen) atoms. The SMILES string of the molecule is CC1CCC(Nc2nc3ccc(N)cc3o2)CC1. The molecule has 3 N–H and O–H groups in total. The number of fused-ring (bicyclic) bond motifs is 1. The molecule has 0 spiro atoms. The second kappa shape index (κ2) is 4.52. The van der Waals surface area contributed by atoms with Crippen molar-refractivity contribution in [2.45, 2.75) is 38.6 Å². The van der Waals surface area contributed by atoms with Crippen molar-refractivity contribution in [3.05, 3.63) is 18.2 Å². The highest BCUT2D eigenvalue weighted by atomic mass is 16.4. The number of aromatic nitrogens is 1. The predicted octanol–water partition coefficient (Wildman–Crippen LogP) is 3.40. The second-order valence-electron chi connectivity index (χ2n) is 5.35. The molecule has 0 aliphatic heterocycles. The molecule has 0 bridgehead atoms. The van der Waals surface area contributed by atoms with Crippen LogP contribution in [0, 0.1) is 5.92 Å². The lowest BCUT2D eigenvalue weighted by Crippen LogP contribution is -2.25. The minimum absolute atomic E-state index is 0.492. The third-order valence-electron chi connectivity index (χ3n) is 3.76. The lowest BCUT2D eigenvalue weighted by Gasteiger charge is -2.26. The molecule has 0 atom stereocenters. The molecule has 1 heterocycles. The van der Waals surface area contributed by atoms with E-state index in [9.17, 15) is 0 Å². The molecule has 0 radical (unpaired) electrons. The molecule has 1 aliphatic rings. The summed E-state index contributed by atoms with van der Waals surface area (Å²) < 4.78 is 5.68. The summed E-state index contributed by atoms with van der Waals surface area (Å²) in [7, 11) is 0. The Morgan fingerprint density at radius 2 is 2.06 bits per heavy atom. The highest BCUT2D eigenvalue weighted by Gasteiger charge is 2.19. The number of nitrogens with two attached hydrogens (primary N) is 1. The van der Waals surface area contributed by atoms with E-state index in [1.54, 1.807) is 0 Å². The van der Waals surface area contributed by atoms with Gasteiger partial charge in [0, 0.05) is 17.8 Å². The van der Waals surface area contributed by atoms with E-state index in [1.165, 1.54) is 25.7 Å². The number of hydrogen-bond donors (Lipinski definition) is 2. The fourth-order valence-electron chi connectivity index (χ4n) is 2.58. The summed E-state index contributed by atoms with van der Waals surface area (Å²) in [4.78, 5) is 4.43. The summed E-state index contributed by atoms with van der Waals surface area (Å²) in [6.07, 6.45) is 4.96. The van der Waals surface area contributed by atoms with E-state index < -0.39 is 0 Å². The zero-order chi connectivity index (χ0) is 12.5. The summed E-state index contributed by atoms with van der Waals surface area (Å²) in [5.74, 6) is 0.853. The van der Waals surface area contributed by atoms with Crippen molar-refractivity contribution in [1.29, 1.82) is 0 Å². The quantitative estimate of drug-likeness (QED) is 0.796. The summed E-state index contributed by atoms with van der Waals surface area (Å²) >= 11 is 0. The maximum absolute atomic E-state index is 5.72. The van der Waals surface area contributed by atoms with Gasteiger partial charge in [0.05, 0.1) is 0 Å². The van der Waals surface area contributed by atoms with E-state index in [4.69, 9.17) is 10.2 Å². The van der Waals surface area contributed by atoms with Gasteiger partial charge >= 0.3 is 0 Å². The van der Waals surface area contributed by atoms with Gasteiger partial charge in [0.1, 0.15) is 5.52 Å². The summed E-state index contributed by atoms with van der Waals surface area (Å²) in [5.41, 5.74) is 8.04. The first-order valence-corrected chi connectivity index (χ1v) is 6.63. The van der Waals surface area contributed by atoms with Crippen LogP contribution in [0.3, 0.4) is 0 Å². The van der Waals surface area contributed by atoms with Crippen LogP contribution in [0.2, 0.25) is 0 Å². The number of nitrogens with one attached hydrogen (secondary N) is 1. The number of anilines is 2. The highest BCUT2D eigenvalue weighted by Crippen LogP contribution is 2.27. The molecule has 0 amide bonds. The normalized spacial score (nSPS) is 24.3. The van der Waals surface area contributed by atoms with Crippen molar-refractivity contribution in [3.8, 4) is 0 Å². The van der Waals surface area contributed by atoms with Crippen LogP contribution < -0.4 is 11.1 Å². The summed E-state index contributed by atoms with van der Waals surface area (Å²) in [5, 5.41) is 3.39. The second-order valence-corrected chi connectivity index (χ2v) is 5.35. The average Bonchev–Trinajstić information content (AvgIpc) is 2.73. The minimum Gasteiger partial charge on any atom is -0.423 e.